The largest absolute Gasteiger partial charge is 0.497 e. The lowest BCUT2D eigenvalue weighted by Crippen LogP contribution is -2.16. The normalized spacial score (nSPS) is 10.1. The minimum atomic E-state index is -0.0660. The van der Waals surface area contributed by atoms with Gasteiger partial charge in [-0.1, -0.05) is 12.1 Å². The quantitative estimate of drug-likeness (QED) is 0.890. The number of rotatable bonds is 4. The number of benzene rings is 1. The number of hydrogen-bond donors (Lipinski definition) is 1. The van der Waals surface area contributed by atoms with E-state index >= 15 is 0 Å². The number of ether oxygens (including phenoxy) is 1. The molecular formula is C13H15N3O2. The van der Waals surface area contributed by atoms with Crippen LogP contribution in [-0.2, 0) is 18.3 Å². The standard InChI is InChI=1S/C13H15N3O2/c1-16-12(7-8-14-16)15-13(17)9-10-3-5-11(18-2)6-4-10/h3-8H,9H2,1-2H3,(H,15,17). The monoisotopic (exact) mass is 245 g/mol. The zero-order valence-electron chi connectivity index (χ0n) is 10.4. The van der Waals surface area contributed by atoms with Crippen molar-refractivity contribution in [3.8, 4) is 5.75 Å². The molecule has 0 aliphatic rings. The highest BCUT2D eigenvalue weighted by atomic mass is 16.5. The lowest BCUT2D eigenvalue weighted by molar-refractivity contribution is -0.115. The van der Waals surface area contributed by atoms with E-state index in [-0.39, 0.29) is 5.91 Å². The molecule has 0 saturated carbocycles. The van der Waals surface area contributed by atoms with Crippen LogP contribution in [0.1, 0.15) is 5.56 Å². The van der Waals surface area contributed by atoms with Gasteiger partial charge in [-0.25, -0.2) is 0 Å². The van der Waals surface area contributed by atoms with E-state index in [0.29, 0.717) is 12.2 Å². The minimum Gasteiger partial charge on any atom is -0.497 e. The molecule has 0 aliphatic carbocycles. The molecule has 1 heterocycles. The van der Waals surface area contributed by atoms with Gasteiger partial charge >= 0.3 is 0 Å². The van der Waals surface area contributed by atoms with Crippen molar-refractivity contribution < 1.29 is 9.53 Å². The molecule has 1 amide bonds. The fourth-order valence-electron chi connectivity index (χ4n) is 1.61. The summed E-state index contributed by atoms with van der Waals surface area (Å²) >= 11 is 0. The molecule has 0 aliphatic heterocycles. The van der Waals surface area contributed by atoms with Crippen molar-refractivity contribution in [3.05, 3.63) is 42.1 Å². The summed E-state index contributed by atoms with van der Waals surface area (Å²) in [4.78, 5) is 11.8. The summed E-state index contributed by atoms with van der Waals surface area (Å²) in [5, 5.41) is 6.78. The molecule has 18 heavy (non-hydrogen) atoms. The summed E-state index contributed by atoms with van der Waals surface area (Å²) < 4.78 is 6.68. The second-order valence-corrected chi connectivity index (χ2v) is 3.91. The molecular weight excluding hydrogens is 230 g/mol. The smallest absolute Gasteiger partial charge is 0.229 e. The summed E-state index contributed by atoms with van der Waals surface area (Å²) in [6.07, 6.45) is 1.97. The van der Waals surface area contributed by atoms with Gasteiger partial charge in [0.05, 0.1) is 19.7 Å². The van der Waals surface area contributed by atoms with Gasteiger partial charge in [0.2, 0.25) is 5.91 Å². The zero-order valence-corrected chi connectivity index (χ0v) is 10.4. The number of aryl methyl sites for hydroxylation is 1. The van der Waals surface area contributed by atoms with Gasteiger partial charge in [0.25, 0.3) is 0 Å². The first-order chi connectivity index (χ1) is 8.69. The molecule has 0 saturated heterocycles. The van der Waals surface area contributed by atoms with Crippen LogP contribution < -0.4 is 10.1 Å². The van der Waals surface area contributed by atoms with E-state index in [9.17, 15) is 4.79 Å². The molecule has 2 rings (SSSR count). The molecule has 5 nitrogen and oxygen atoms in total. The van der Waals surface area contributed by atoms with Crippen molar-refractivity contribution in [2.24, 2.45) is 7.05 Å². The minimum absolute atomic E-state index is 0.0660. The SMILES string of the molecule is COc1ccc(CC(=O)Nc2ccnn2C)cc1. The molecule has 1 N–H and O–H groups in total. The molecule has 0 bridgehead atoms. The van der Waals surface area contributed by atoms with Gasteiger partial charge in [-0.05, 0) is 17.7 Å². The Hall–Kier alpha value is -2.30. The highest BCUT2D eigenvalue weighted by molar-refractivity contribution is 5.91. The van der Waals surface area contributed by atoms with Crippen LogP contribution in [0.25, 0.3) is 0 Å². The number of anilines is 1. The maximum absolute atomic E-state index is 11.8. The van der Waals surface area contributed by atoms with Crippen molar-refractivity contribution >= 4 is 11.7 Å². The summed E-state index contributed by atoms with van der Waals surface area (Å²) in [5.41, 5.74) is 0.940. The zero-order chi connectivity index (χ0) is 13.0. The first-order valence-electron chi connectivity index (χ1n) is 5.60. The summed E-state index contributed by atoms with van der Waals surface area (Å²) in [7, 11) is 3.40. The molecule has 0 unspecified atom stereocenters. The Morgan fingerprint density at radius 3 is 2.61 bits per heavy atom. The maximum Gasteiger partial charge on any atom is 0.229 e. The van der Waals surface area contributed by atoms with Crippen LogP contribution >= 0.6 is 0 Å². The van der Waals surface area contributed by atoms with Crippen LogP contribution in [0.4, 0.5) is 5.82 Å². The maximum atomic E-state index is 11.8. The van der Waals surface area contributed by atoms with Crippen molar-refractivity contribution in [2.45, 2.75) is 6.42 Å². The van der Waals surface area contributed by atoms with Crippen LogP contribution in [0.15, 0.2) is 36.5 Å². The average molecular weight is 245 g/mol. The number of hydrogen-bond acceptors (Lipinski definition) is 3. The van der Waals surface area contributed by atoms with E-state index in [1.54, 1.807) is 31.1 Å². The van der Waals surface area contributed by atoms with Crippen LogP contribution in [-0.4, -0.2) is 22.8 Å². The lowest BCUT2D eigenvalue weighted by atomic mass is 10.1. The predicted molar refractivity (Wildman–Crippen MR) is 68.5 cm³/mol. The average Bonchev–Trinajstić information content (AvgIpc) is 2.76. The molecule has 1 aromatic carbocycles. The molecule has 0 spiro atoms. The second kappa shape index (κ2) is 5.35. The Labute approximate surface area is 105 Å². The Morgan fingerprint density at radius 1 is 1.33 bits per heavy atom. The van der Waals surface area contributed by atoms with E-state index in [1.165, 1.54) is 0 Å². The first-order valence-corrected chi connectivity index (χ1v) is 5.60. The van der Waals surface area contributed by atoms with Gasteiger partial charge in [0.15, 0.2) is 0 Å². The number of nitrogens with one attached hydrogen (secondary N) is 1. The van der Waals surface area contributed by atoms with Crippen molar-refractivity contribution in [3.63, 3.8) is 0 Å². The van der Waals surface area contributed by atoms with E-state index in [1.807, 2.05) is 24.3 Å². The molecule has 2 aromatic rings. The van der Waals surface area contributed by atoms with Crippen LogP contribution in [0.3, 0.4) is 0 Å². The molecule has 5 heteroatoms. The van der Waals surface area contributed by atoms with Crippen molar-refractivity contribution in [2.75, 3.05) is 12.4 Å². The topological polar surface area (TPSA) is 56.1 Å². The highest BCUT2D eigenvalue weighted by Gasteiger charge is 2.06. The van der Waals surface area contributed by atoms with Gasteiger partial charge in [-0.3, -0.25) is 9.48 Å². The van der Waals surface area contributed by atoms with Gasteiger partial charge in [0, 0.05) is 13.1 Å². The van der Waals surface area contributed by atoms with Crippen molar-refractivity contribution in [1.82, 2.24) is 9.78 Å². The Balaban J connectivity index is 1.96. The van der Waals surface area contributed by atoms with Gasteiger partial charge < -0.3 is 10.1 Å². The first kappa shape index (κ1) is 12.2. The van der Waals surface area contributed by atoms with Crippen LogP contribution in [0.5, 0.6) is 5.75 Å². The third-order valence-electron chi connectivity index (χ3n) is 2.61. The van der Waals surface area contributed by atoms with Gasteiger partial charge in [0.1, 0.15) is 11.6 Å². The Morgan fingerprint density at radius 2 is 2.06 bits per heavy atom. The third kappa shape index (κ3) is 2.88. The molecule has 1 aromatic heterocycles. The van der Waals surface area contributed by atoms with E-state index in [4.69, 9.17) is 4.74 Å². The number of nitrogens with zero attached hydrogens (tertiary/aromatic N) is 2. The number of carbonyl (C=O) groups excluding carboxylic acids is 1. The summed E-state index contributed by atoms with van der Waals surface area (Å²) in [6.45, 7) is 0. The third-order valence-corrected chi connectivity index (χ3v) is 2.61. The molecule has 0 fully saturated rings. The number of aromatic nitrogens is 2. The fraction of sp³-hybridized carbons (Fsp3) is 0.231. The number of amides is 1. The van der Waals surface area contributed by atoms with E-state index < -0.39 is 0 Å². The molecule has 94 valence electrons. The predicted octanol–water partition coefficient (Wildman–Crippen LogP) is 1.61. The van der Waals surface area contributed by atoms with Gasteiger partial charge in [-0.15, -0.1) is 0 Å². The van der Waals surface area contributed by atoms with E-state index in [2.05, 4.69) is 10.4 Å². The van der Waals surface area contributed by atoms with Crippen LogP contribution in [0, 0.1) is 0 Å². The summed E-state index contributed by atoms with van der Waals surface area (Å²) in [6, 6.07) is 9.19. The Bertz CT molecular complexity index is 531. The number of carbonyl (C=O) groups is 1. The van der Waals surface area contributed by atoms with Gasteiger partial charge in [-0.2, -0.15) is 5.10 Å². The van der Waals surface area contributed by atoms with E-state index in [0.717, 1.165) is 11.3 Å². The Kier molecular flexibility index (Phi) is 3.62. The number of methoxy groups -OCH3 is 1. The molecule has 0 atom stereocenters. The second-order valence-electron chi connectivity index (χ2n) is 3.91. The van der Waals surface area contributed by atoms with Crippen LogP contribution in [0.2, 0.25) is 0 Å². The highest BCUT2D eigenvalue weighted by Crippen LogP contribution is 2.12. The summed E-state index contributed by atoms with van der Waals surface area (Å²) in [5.74, 6) is 1.41. The molecule has 0 radical (unpaired) electrons. The lowest BCUT2D eigenvalue weighted by Gasteiger charge is -2.06. The fourth-order valence-corrected chi connectivity index (χ4v) is 1.61. The van der Waals surface area contributed by atoms with Crippen molar-refractivity contribution in [1.29, 1.82) is 0 Å².